The second kappa shape index (κ2) is 7.63. The molecule has 3 aromatic rings. The number of thiophene rings is 1. The molecule has 0 saturated carbocycles. The fourth-order valence-corrected chi connectivity index (χ4v) is 5.22. The van der Waals surface area contributed by atoms with Crippen molar-refractivity contribution in [2.24, 2.45) is 0 Å². The van der Waals surface area contributed by atoms with Crippen LogP contribution in [0.1, 0.15) is 26.5 Å². The normalized spacial score (nSPS) is 20.7. The van der Waals surface area contributed by atoms with Crippen LogP contribution in [0.3, 0.4) is 0 Å². The van der Waals surface area contributed by atoms with Gasteiger partial charge in [-0.2, -0.15) is 0 Å². The summed E-state index contributed by atoms with van der Waals surface area (Å²) in [6.45, 7) is 0.577. The lowest BCUT2D eigenvalue weighted by Crippen LogP contribution is -2.51. The minimum atomic E-state index is -0.761. The van der Waals surface area contributed by atoms with Crippen molar-refractivity contribution < 1.29 is 23.9 Å². The van der Waals surface area contributed by atoms with Gasteiger partial charge in [-0.05, 0) is 53.3 Å². The van der Waals surface area contributed by atoms with Crippen molar-refractivity contribution in [3.05, 3.63) is 64.4 Å². The quantitative estimate of drug-likeness (QED) is 0.625. The maximum Gasteiger partial charge on any atom is 0.261 e. The molecule has 0 unspecified atom stereocenters. The number of hydrogen-bond donors (Lipinski definition) is 2. The molecule has 0 aliphatic carbocycles. The number of fused-ring (bicyclic) bond motifs is 3. The standard InChI is InChI=1S/C24H19N3O5S/c28-22(20-2-1-9-33-20)26-17-7-8-27-21(17)23(29)25-16-5-3-13(10-15(16)24(27)30)14-4-6-18-19(11-14)32-12-31-18/h1-6,9-11,17,21H,7-8,12H2,(H,25,29)(H,26,28)/t17-,21-/m0/s1. The number of anilines is 1. The monoisotopic (exact) mass is 461 g/mol. The predicted octanol–water partition coefficient (Wildman–Crippen LogP) is 3.11. The lowest BCUT2D eigenvalue weighted by atomic mass is 10.0. The minimum absolute atomic E-state index is 0.189. The van der Waals surface area contributed by atoms with Crippen LogP contribution < -0.4 is 20.1 Å². The van der Waals surface area contributed by atoms with Gasteiger partial charge in [-0.25, -0.2) is 0 Å². The highest BCUT2D eigenvalue weighted by Crippen LogP contribution is 2.38. The first-order valence-electron chi connectivity index (χ1n) is 10.6. The average Bonchev–Trinajstić information content (AvgIpc) is 3.57. The van der Waals surface area contributed by atoms with Crippen molar-refractivity contribution >= 4 is 34.7 Å². The van der Waals surface area contributed by atoms with E-state index >= 15 is 0 Å². The number of nitrogens with one attached hydrogen (secondary N) is 2. The van der Waals surface area contributed by atoms with E-state index in [1.165, 1.54) is 11.3 Å². The average molecular weight is 461 g/mol. The maximum atomic E-state index is 13.5. The first kappa shape index (κ1) is 19.8. The zero-order valence-electron chi connectivity index (χ0n) is 17.4. The summed E-state index contributed by atoms with van der Waals surface area (Å²) in [7, 11) is 0. The third-order valence-corrected chi connectivity index (χ3v) is 7.07. The maximum absolute atomic E-state index is 13.5. The van der Waals surface area contributed by atoms with Gasteiger partial charge in [-0.1, -0.05) is 18.2 Å². The van der Waals surface area contributed by atoms with Gasteiger partial charge in [-0.3, -0.25) is 14.4 Å². The zero-order valence-corrected chi connectivity index (χ0v) is 18.2. The van der Waals surface area contributed by atoms with Crippen LogP contribution in [-0.4, -0.2) is 48.0 Å². The Bertz CT molecular complexity index is 1290. The van der Waals surface area contributed by atoms with Gasteiger partial charge in [-0.15, -0.1) is 11.3 Å². The SMILES string of the molecule is O=C(N[C@H]1CCN2C(=O)c3cc(-c4ccc5c(c4)OCO5)ccc3NC(=O)[C@H]12)c1cccs1. The van der Waals surface area contributed by atoms with E-state index in [2.05, 4.69) is 10.6 Å². The van der Waals surface area contributed by atoms with Crippen LogP contribution in [0.2, 0.25) is 0 Å². The second-order valence-corrected chi connectivity index (χ2v) is 9.05. The van der Waals surface area contributed by atoms with Crippen molar-refractivity contribution in [2.75, 3.05) is 18.7 Å². The highest BCUT2D eigenvalue weighted by atomic mass is 32.1. The van der Waals surface area contributed by atoms with Crippen LogP contribution in [0.4, 0.5) is 5.69 Å². The van der Waals surface area contributed by atoms with E-state index in [1.807, 2.05) is 29.6 Å². The van der Waals surface area contributed by atoms with Gasteiger partial charge in [0.1, 0.15) is 6.04 Å². The molecule has 1 saturated heterocycles. The number of hydrogen-bond acceptors (Lipinski definition) is 6. The molecule has 1 aromatic heterocycles. The molecule has 0 radical (unpaired) electrons. The highest BCUT2D eigenvalue weighted by Gasteiger charge is 2.45. The van der Waals surface area contributed by atoms with Crippen LogP contribution >= 0.6 is 11.3 Å². The minimum Gasteiger partial charge on any atom is -0.454 e. The van der Waals surface area contributed by atoms with Crippen molar-refractivity contribution in [1.82, 2.24) is 10.2 Å². The van der Waals surface area contributed by atoms with Gasteiger partial charge >= 0.3 is 0 Å². The van der Waals surface area contributed by atoms with Gasteiger partial charge < -0.3 is 25.0 Å². The van der Waals surface area contributed by atoms with E-state index in [4.69, 9.17) is 9.47 Å². The summed E-state index contributed by atoms with van der Waals surface area (Å²) in [6.07, 6.45) is 0.512. The van der Waals surface area contributed by atoms with Crippen LogP contribution in [-0.2, 0) is 4.79 Å². The van der Waals surface area contributed by atoms with Gasteiger partial charge in [0.15, 0.2) is 11.5 Å². The Morgan fingerprint density at radius 1 is 1.06 bits per heavy atom. The molecule has 3 aliphatic rings. The topological polar surface area (TPSA) is 97.0 Å². The lowest BCUT2D eigenvalue weighted by Gasteiger charge is -2.24. The van der Waals surface area contributed by atoms with Crippen LogP contribution in [0.25, 0.3) is 11.1 Å². The summed E-state index contributed by atoms with van der Waals surface area (Å²) in [5, 5.41) is 7.65. The molecule has 3 amide bonds. The molecule has 2 atom stereocenters. The van der Waals surface area contributed by atoms with Gasteiger partial charge in [0.2, 0.25) is 12.7 Å². The smallest absolute Gasteiger partial charge is 0.261 e. The highest BCUT2D eigenvalue weighted by molar-refractivity contribution is 7.12. The molecule has 3 aliphatic heterocycles. The Morgan fingerprint density at radius 2 is 1.88 bits per heavy atom. The van der Waals surface area contributed by atoms with E-state index < -0.39 is 12.1 Å². The number of benzene rings is 2. The fourth-order valence-electron chi connectivity index (χ4n) is 4.59. The van der Waals surface area contributed by atoms with Crippen LogP contribution in [0, 0.1) is 0 Å². The summed E-state index contributed by atoms with van der Waals surface area (Å²) in [4.78, 5) is 41.2. The number of carbonyl (C=O) groups excluding carboxylic acids is 3. The van der Waals surface area contributed by atoms with Crippen molar-refractivity contribution in [1.29, 1.82) is 0 Å². The molecule has 0 spiro atoms. The summed E-state index contributed by atoms with van der Waals surface area (Å²) in [5.41, 5.74) is 2.60. The lowest BCUT2D eigenvalue weighted by molar-refractivity contribution is -0.120. The fraction of sp³-hybridized carbons (Fsp3) is 0.208. The molecule has 33 heavy (non-hydrogen) atoms. The molecule has 0 bridgehead atoms. The van der Waals surface area contributed by atoms with E-state index in [0.717, 1.165) is 11.1 Å². The number of rotatable bonds is 3. The summed E-state index contributed by atoms with van der Waals surface area (Å²) in [5.74, 6) is 0.582. The van der Waals surface area contributed by atoms with E-state index in [1.54, 1.807) is 29.2 Å². The Morgan fingerprint density at radius 3 is 2.73 bits per heavy atom. The summed E-state index contributed by atoms with van der Waals surface area (Å²) >= 11 is 1.34. The summed E-state index contributed by atoms with van der Waals surface area (Å²) in [6, 6.07) is 13.3. The van der Waals surface area contributed by atoms with Crippen LogP contribution in [0.15, 0.2) is 53.9 Å². The molecule has 6 rings (SSSR count). The number of amides is 3. The number of carbonyl (C=O) groups is 3. The molecule has 166 valence electrons. The van der Waals surface area contributed by atoms with Gasteiger partial charge in [0, 0.05) is 6.54 Å². The van der Waals surface area contributed by atoms with Gasteiger partial charge in [0.25, 0.3) is 11.8 Å². The third kappa shape index (κ3) is 3.32. The van der Waals surface area contributed by atoms with Gasteiger partial charge in [0.05, 0.1) is 22.2 Å². The number of ether oxygens (including phenoxy) is 2. The molecular weight excluding hydrogens is 442 g/mol. The Hall–Kier alpha value is -3.85. The number of nitrogens with zero attached hydrogens (tertiary/aromatic N) is 1. The first-order valence-corrected chi connectivity index (χ1v) is 11.5. The summed E-state index contributed by atoms with van der Waals surface area (Å²) < 4.78 is 10.8. The first-order chi connectivity index (χ1) is 16.1. The van der Waals surface area contributed by atoms with E-state index in [0.29, 0.717) is 40.6 Å². The molecule has 2 aromatic carbocycles. The molecule has 4 heterocycles. The van der Waals surface area contributed by atoms with E-state index in [-0.39, 0.29) is 24.5 Å². The molecular formula is C24H19N3O5S. The Labute approximate surface area is 193 Å². The molecule has 1 fully saturated rings. The Balaban J connectivity index is 1.30. The zero-order chi connectivity index (χ0) is 22.5. The van der Waals surface area contributed by atoms with E-state index in [9.17, 15) is 14.4 Å². The van der Waals surface area contributed by atoms with Crippen molar-refractivity contribution in [3.63, 3.8) is 0 Å². The Kier molecular flexibility index (Phi) is 4.58. The third-order valence-electron chi connectivity index (χ3n) is 6.20. The van der Waals surface area contributed by atoms with Crippen LogP contribution in [0.5, 0.6) is 11.5 Å². The molecule has 8 nitrogen and oxygen atoms in total. The van der Waals surface area contributed by atoms with Crippen molar-refractivity contribution in [2.45, 2.75) is 18.5 Å². The predicted molar refractivity (Wildman–Crippen MR) is 122 cm³/mol. The molecule has 9 heteroatoms. The van der Waals surface area contributed by atoms with Crippen molar-refractivity contribution in [3.8, 4) is 22.6 Å². The molecule has 2 N–H and O–H groups in total. The second-order valence-electron chi connectivity index (χ2n) is 8.11. The largest absolute Gasteiger partial charge is 0.454 e.